The van der Waals surface area contributed by atoms with Crippen LogP contribution in [-0.2, 0) is 17.6 Å². The van der Waals surface area contributed by atoms with E-state index in [9.17, 15) is 0 Å². The number of fused-ring (bicyclic) bond motifs is 4. The summed E-state index contributed by atoms with van der Waals surface area (Å²) in [7, 11) is 2.30. The maximum atomic E-state index is 6.92. The van der Waals surface area contributed by atoms with Crippen molar-refractivity contribution in [3.8, 4) is 0 Å². The van der Waals surface area contributed by atoms with Crippen molar-refractivity contribution < 1.29 is 4.74 Å². The lowest BCUT2D eigenvalue weighted by Gasteiger charge is -2.38. The lowest BCUT2D eigenvalue weighted by atomic mass is 9.94. The summed E-state index contributed by atoms with van der Waals surface area (Å²) in [4.78, 5) is 2.60. The molecular weight excluding hydrogens is 318 g/mol. The van der Waals surface area contributed by atoms with Crippen molar-refractivity contribution in [1.82, 2.24) is 4.90 Å². The van der Waals surface area contributed by atoms with Crippen LogP contribution in [0, 0.1) is 6.92 Å². The minimum absolute atomic E-state index is 0.0939. The largest absolute Gasteiger partial charge is 0.365 e. The van der Waals surface area contributed by atoms with Crippen LogP contribution in [0.1, 0.15) is 59.6 Å². The molecule has 0 amide bonds. The molecule has 5 rings (SSSR count). The van der Waals surface area contributed by atoms with E-state index in [2.05, 4.69) is 61.3 Å². The molecule has 2 aromatic rings. The number of benzene rings is 2. The van der Waals surface area contributed by atoms with E-state index < -0.39 is 0 Å². The molecule has 3 aliphatic rings. The molecule has 0 spiro atoms. The number of rotatable bonds is 2. The first-order chi connectivity index (χ1) is 12.7. The van der Waals surface area contributed by atoms with E-state index in [4.69, 9.17) is 4.74 Å². The minimum atomic E-state index is 0.0939. The first-order valence-electron chi connectivity index (χ1n) is 10.2. The molecule has 2 saturated heterocycles. The van der Waals surface area contributed by atoms with Crippen molar-refractivity contribution in [3.05, 3.63) is 70.3 Å². The van der Waals surface area contributed by atoms with Crippen molar-refractivity contribution in [1.29, 1.82) is 0 Å². The number of aryl methyl sites for hydroxylation is 3. The summed E-state index contributed by atoms with van der Waals surface area (Å²) in [5.41, 5.74) is 7.06. The number of nitrogens with zero attached hydrogens (tertiary/aromatic N) is 1. The van der Waals surface area contributed by atoms with E-state index in [-0.39, 0.29) is 6.10 Å². The van der Waals surface area contributed by atoms with Crippen LogP contribution in [-0.4, -0.2) is 30.1 Å². The first kappa shape index (κ1) is 16.5. The van der Waals surface area contributed by atoms with E-state index in [0.717, 1.165) is 24.9 Å². The second-order valence-corrected chi connectivity index (χ2v) is 8.56. The predicted octanol–water partition coefficient (Wildman–Crippen LogP) is 4.82. The Morgan fingerprint density at radius 1 is 0.885 bits per heavy atom. The molecule has 0 N–H and O–H groups in total. The van der Waals surface area contributed by atoms with Crippen molar-refractivity contribution >= 4 is 0 Å². The third kappa shape index (κ3) is 2.80. The van der Waals surface area contributed by atoms with Crippen LogP contribution in [0.25, 0.3) is 0 Å². The maximum Gasteiger partial charge on any atom is 0.108 e. The Morgan fingerprint density at radius 3 is 2.35 bits per heavy atom. The Balaban J connectivity index is 1.52. The zero-order valence-electron chi connectivity index (χ0n) is 15.9. The molecule has 4 atom stereocenters. The second kappa shape index (κ2) is 6.51. The van der Waals surface area contributed by atoms with Gasteiger partial charge in [0.05, 0.1) is 6.10 Å². The predicted molar refractivity (Wildman–Crippen MR) is 106 cm³/mol. The zero-order valence-corrected chi connectivity index (χ0v) is 15.9. The molecule has 1 aliphatic carbocycles. The van der Waals surface area contributed by atoms with Crippen LogP contribution in [0.2, 0.25) is 0 Å². The zero-order chi connectivity index (χ0) is 17.7. The summed E-state index contributed by atoms with van der Waals surface area (Å²) < 4.78 is 6.92. The summed E-state index contributed by atoms with van der Waals surface area (Å²) in [6.45, 7) is 2.20. The SMILES string of the molecule is Cc1ccc2c(c1)C(OC1C[C@H]3CC[C@@H](C1)N3C)c1ccccc1CC2. The molecule has 26 heavy (non-hydrogen) atoms. The summed E-state index contributed by atoms with van der Waals surface area (Å²) in [6.07, 6.45) is 7.77. The van der Waals surface area contributed by atoms with Gasteiger partial charge in [-0.3, -0.25) is 0 Å². The van der Waals surface area contributed by atoms with Crippen molar-refractivity contribution in [2.45, 2.75) is 69.7 Å². The monoisotopic (exact) mass is 347 g/mol. The molecule has 2 bridgehead atoms. The molecule has 0 saturated carbocycles. The highest BCUT2D eigenvalue weighted by molar-refractivity contribution is 5.44. The number of hydrogen-bond acceptors (Lipinski definition) is 2. The fraction of sp³-hybridized carbons (Fsp3) is 0.500. The van der Waals surface area contributed by atoms with Crippen molar-refractivity contribution in [3.63, 3.8) is 0 Å². The van der Waals surface area contributed by atoms with Gasteiger partial charge in [0.15, 0.2) is 0 Å². The van der Waals surface area contributed by atoms with Crippen LogP contribution in [0.3, 0.4) is 0 Å². The standard InChI is InChI=1S/C24H29NO/c1-16-7-8-18-10-9-17-5-3-4-6-22(17)24(23(18)13-16)26-21-14-19-11-12-20(15-21)25(19)2/h3-8,13,19-21,24H,9-12,14-15H2,1-2H3/t19-,20+,21?,24?. The third-order valence-electron chi connectivity index (χ3n) is 6.97. The van der Waals surface area contributed by atoms with E-state index >= 15 is 0 Å². The van der Waals surface area contributed by atoms with Crippen LogP contribution >= 0.6 is 0 Å². The van der Waals surface area contributed by atoms with Gasteiger partial charge in [-0.25, -0.2) is 0 Å². The first-order valence-corrected chi connectivity index (χ1v) is 10.2. The molecule has 2 unspecified atom stereocenters. The molecule has 2 fully saturated rings. The molecule has 0 aromatic heterocycles. The Bertz CT molecular complexity index is 800. The smallest absolute Gasteiger partial charge is 0.108 e. The van der Waals surface area contributed by atoms with Crippen LogP contribution < -0.4 is 0 Å². The quantitative estimate of drug-likeness (QED) is 0.772. The fourth-order valence-electron chi connectivity index (χ4n) is 5.45. The molecule has 2 heteroatoms. The molecular formula is C24H29NO. The van der Waals surface area contributed by atoms with Gasteiger partial charge in [0.2, 0.25) is 0 Å². The summed E-state index contributed by atoms with van der Waals surface area (Å²) in [5, 5.41) is 0. The van der Waals surface area contributed by atoms with Crippen LogP contribution in [0.4, 0.5) is 0 Å². The Hall–Kier alpha value is -1.64. The van der Waals surface area contributed by atoms with E-state index in [0.29, 0.717) is 6.10 Å². The molecule has 2 aliphatic heterocycles. The highest BCUT2D eigenvalue weighted by Gasteiger charge is 2.40. The fourth-order valence-corrected chi connectivity index (χ4v) is 5.45. The second-order valence-electron chi connectivity index (χ2n) is 8.56. The molecule has 2 nitrogen and oxygen atoms in total. The van der Waals surface area contributed by atoms with Crippen LogP contribution in [0.5, 0.6) is 0 Å². The van der Waals surface area contributed by atoms with Gasteiger partial charge in [0, 0.05) is 12.1 Å². The number of piperidine rings is 1. The van der Waals surface area contributed by atoms with Gasteiger partial charge >= 0.3 is 0 Å². The van der Waals surface area contributed by atoms with Crippen molar-refractivity contribution in [2.24, 2.45) is 0 Å². The Morgan fingerprint density at radius 2 is 1.58 bits per heavy atom. The highest BCUT2D eigenvalue weighted by Crippen LogP contribution is 2.41. The lowest BCUT2D eigenvalue weighted by molar-refractivity contribution is -0.0428. The van der Waals surface area contributed by atoms with Gasteiger partial charge < -0.3 is 9.64 Å². The summed E-state index contributed by atoms with van der Waals surface area (Å²) in [5.74, 6) is 0. The normalized spacial score (nSPS) is 30.5. The van der Waals surface area contributed by atoms with E-state index in [1.54, 1.807) is 0 Å². The molecule has 0 radical (unpaired) electrons. The Kier molecular flexibility index (Phi) is 4.14. The van der Waals surface area contributed by atoms with Gasteiger partial charge in [-0.1, -0.05) is 48.0 Å². The minimum Gasteiger partial charge on any atom is -0.365 e. The third-order valence-corrected chi connectivity index (χ3v) is 6.97. The summed E-state index contributed by atoms with van der Waals surface area (Å²) in [6, 6.07) is 17.3. The topological polar surface area (TPSA) is 12.5 Å². The number of hydrogen-bond donors (Lipinski definition) is 0. The lowest BCUT2D eigenvalue weighted by Crippen LogP contribution is -2.43. The van der Waals surface area contributed by atoms with Crippen LogP contribution in [0.15, 0.2) is 42.5 Å². The van der Waals surface area contributed by atoms with Gasteiger partial charge in [0.25, 0.3) is 0 Å². The Labute approximate surface area is 157 Å². The maximum absolute atomic E-state index is 6.92. The average molecular weight is 348 g/mol. The van der Waals surface area contributed by atoms with Crippen molar-refractivity contribution in [2.75, 3.05) is 7.05 Å². The van der Waals surface area contributed by atoms with Gasteiger partial charge in [-0.15, -0.1) is 0 Å². The van der Waals surface area contributed by atoms with Gasteiger partial charge in [-0.05, 0) is 74.8 Å². The van der Waals surface area contributed by atoms with Gasteiger partial charge in [0.1, 0.15) is 6.10 Å². The van der Waals surface area contributed by atoms with Gasteiger partial charge in [-0.2, -0.15) is 0 Å². The average Bonchev–Trinajstić information content (AvgIpc) is 2.83. The van der Waals surface area contributed by atoms with E-state index in [1.165, 1.54) is 53.5 Å². The number of ether oxygens (including phenoxy) is 1. The molecule has 2 aromatic carbocycles. The summed E-state index contributed by atoms with van der Waals surface area (Å²) >= 11 is 0. The van der Waals surface area contributed by atoms with E-state index in [1.807, 2.05) is 0 Å². The molecule has 136 valence electrons. The molecule has 2 heterocycles. The highest BCUT2D eigenvalue weighted by atomic mass is 16.5.